The number of hydrogen-bond donors (Lipinski definition) is 2. The Morgan fingerprint density at radius 3 is 2.89 bits per heavy atom. The first kappa shape index (κ1) is 15.3. The summed E-state index contributed by atoms with van der Waals surface area (Å²) < 4.78 is 0. The van der Waals surface area contributed by atoms with Gasteiger partial charge in [-0.05, 0) is 18.9 Å². The normalized spacial score (nSPS) is 21.7. The van der Waals surface area contributed by atoms with E-state index in [-0.39, 0.29) is 18.4 Å². The van der Waals surface area contributed by atoms with Crippen LogP contribution in [0.1, 0.15) is 26.2 Å². The maximum atomic E-state index is 12.1. The van der Waals surface area contributed by atoms with Gasteiger partial charge in [0.15, 0.2) is 0 Å². The molecule has 0 aliphatic carbocycles. The highest BCUT2D eigenvalue weighted by Crippen LogP contribution is 2.20. The lowest BCUT2D eigenvalue weighted by atomic mass is 10.0. The Morgan fingerprint density at radius 2 is 2.28 bits per heavy atom. The molecular weight excluding hydrogens is 252 g/mol. The van der Waals surface area contributed by atoms with Crippen molar-refractivity contribution in [2.45, 2.75) is 32.2 Å². The number of nitrogens with zero attached hydrogens (tertiary/aromatic N) is 1. The highest BCUT2D eigenvalue weighted by atomic mass is 32.2. The molecule has 2 unspecified atom stereocenters. The zero-order chi connectivity index (χ0) is 13.5. The van der Waals surface area contributed by atoms with Gasteiger partial charge in [-0.15, -0.1) is 0 Å². The minimum Gasteiger partial charge on any atom is -0.481 e. The van der Waals surface area contributed by atoms with Gasteiger partial charge in [-0.3, -0.25) is 9.59 Å². The predicted molar refractivity (Wildman–Crippen MR) is 72.5 cm³/mol. The van der Waals surface area contributed by atoms with Crippen LogP contribution < -0.4 is 5.73 Å². The van der Waals surface area contributed by atoms with E-state index < -0.39 is 5.97 Å². The molecule has 1 rings (SSSR count). The number of aliphatic carboxylic acids is 1. The van der Waals surface area contributed by atoms with Gasteiger partial charge in [-0.1, -0.05) is 6.92 Å². The van der Waals surface area contributed by atoms with Gasteiger partial charge in [0, 0.05) is 24.5 Å². The first-order chi connectivity index (χ1) is 8.54. The van der Waals surface area contributed by atoms with E-state index in [1.54, 1.807) is 16.7 Å². The second-order valence-corrected chi connectivity index (χ2v) is 5.94. The van der Waals surface area contributed by atoms with Gasteiger partial charge >= 0.3 is 5.97 Å². The average molecular weight is 274 g/mol. The summed E-state index contributed by atoms with van der Waals surface area (Å²) in [7, 11) is 0. The molecule has 0 aromatic heterocycles. The summed E-state index contributed by atoms with van der Waals surface area (Å²) in [6.07, 6.45) is 1.29. The monoisotopic (exact) mass is 274 g/mol. The van der Waals surface area contributed by atoms with Crippen LogP contribution in [0.3, 0.4) is 0 Å². The zero-order valence-corrected chi connectivity index (χ0v) is 11.6. The van der Waals surface area contributed by atoms with Crippen LogP contribution in [-0.2, 0) is 9.59 Å². The van der Waals surface area contributed by atoms with Gasteiger partial charge in [0.1, 0.15) is 0 Å². The molecular formula is C12H22N2O3S. The minimum absolute atomic E-state index is 0.0468. The van der Waals surface area contributed by atoms with Crippen molar-refractivity contribution < 1.29 is 14.7 Å². The molecule has 0 bridgehead atoms. The van der Waals surface area contributed by atoms with Crippen molar-refractivity contribution in [3.05, 3.63) is 0 Å². The quantitative estimate of drug-likeness (QED) is 0.748. The van der Waals surface area contributed by atoms with Crippen molar-refractivity contribution >= 4 is 23.6 Å². The number of thioether (sulfide) groups is 1. The van der Waals surface area contributed by atoms with E-state index in [4.69, 9.17) is 10.8 Å². The fourth-order valence-corrected chi connectivity index (χ4v) is 3.05. The molecule has 1 aliphatic rings. The highest BCUT2D eigenvalue weighted by molar-refractivity contribution is 7.99. The molecule has 1 aliphatic heterocycles. The zero-order valence-electron chi connectivity index (χ0n) is 10.8. The first-order valence-electron chi connectivity index (χ1n) is 6.33. The molecule has 0 radical (unpaired) electrons. The number of nitrogens with two attached hydrogens (primary N) is 1. The summed E-state index contributed by atoms with van der Waals surface area (Å²) in [4.78, 5) is 24.6. The molecule has 0 aromatic carbocycles. The number of hydrogen-bond acceptors (Lipinski definition) is 4. The topological polar surface area (TPSA) is 83.6 Å². The Bertz CT molecular complexity index is 299. The second-order valence-electron chi connectivity index (χ2n) is 4.79. The maximum Gasteiger partial charge on any atom is 0.305 e. The van der Waals surface area contributed by atoms with Crippen LogP contribution in [0.2, 0.25) is 0 Å². The van der Waals surface area contributed by atoms with Crippen molar-refractivity contribution in [1.82, 2.24) is 4.90 Å². The van der Waals surface area contributed by atoms with Crippen LogP contribution in [0.15, 0.2) is 0 Å². The smallest absolute Gasteiger partial charge is 0.305 e. The molecule has 6 heteroatoms. The molecule has 1 amide bonds. The predicted octanol–water partition coefficient (Wildman–Crippen LogP) is 0.780. The van der Waals surface area contributed by atoms with Crippen LogP contribution in [0.5, 0.6) is 0 Å². The lowest BCUT2D eigenvalue weighted by Crippen LogP contribution is -2.47. The molecule has 1 heterocycles. The van der Waals surface area contributed by atoms with Crippen molar-refractivity contribution in [2.75, 3.05) is 24.6 Å². The molecule has 104 valence electrons. The van der Waals surface area contributed by atoms with E-state index in [9.17, 15) is 9.59 Å². The molecule has 5 nitrogen and oxygen atoms in total. The van der Waals surface area contributed by atoms with E-state index in [1.165, 1.54) is 0 Å². The minimum atomic E-state index is -0.837. The van der Waals surface area contributed by atoms with Gasteiger partial charge in [-0.25, -0.2) is 0 Å². The third-order valence-electron chi connectivity index (χ3n) is 3.21. The van der Waals surface area contributed by atoms with Crippen LogP contribution in [0.25, 0.3) is 0 Å². The van der Waals surface area contributed by atoms with Gasteiger partial charge < -0.3 is 15.7 Å². The average Bonchev–Trinajstić information content (AvgIpc) is 2.35. The third kappa shape index (κ3) is 4.86. The Morgan fingerprint density at radius 1 is 1.56 bits per heavy atom. The largest absolute Gasteiger partial charge is 0.481 e. The molecule has 0 saturated carbocycles. The van der Waals surface area contributed by atoms with Gasteiger partial charge in [0.25, 0.3) is 0 Å². The number of carboxylic acids is 1. The Balaban J connectivity index is 2.49. The number of rotatable bonds is 6. The molecule has 1 saturated heterocycles. The number of amides is 1. The summed E-state index contributed by atoms with van der Waals surface area (Å²) in [5, 5.41) is 8.86. The van der Waals surface area contributed by atoms with E-state index >= 15 is 0 Å². The molecule has 1 fully saturated rings. The third-order valence-corrected chi connectivity index (χ3v) is 4.30. The van der Waals surface area contributed by atoms with Crippen LogP contribution in [0.4, 0.5) is 0 Å². The lowest BCUT2D eigenvalue weighted by Gasteiger charge is -2.35. The van der Waals surface area contributed by atoms with Crippen molar-refractivity contribution in [3.63, 3.8) is 0 Å². The van der Waals surface area contributed by atoms with Gasteiger partial charge in [0.2, 0.25) is 5.91 Å². The van der Waals surface area contributed by atoms with Crippen molar-refractivity contribution in [1.29, 1.82) is 0 Å². The summed E-state index contributed by atoms with van der Waals surface area (Å²) in [5.74, 6) is 1.20. The Labute approximate surface area is 112 Å². The molecule has 18 heavy (non-hydrogen) atoms. The number of carbonyl (C=O) groups is 2. The molecule has 0 aromatic rings. The fourth-order valence-electron chi connectivity index (χ4n) is 1.99. The second kappa shape index (κ2) is 7.63. The van der Waals surface area contributed by atoms with Crippen LogP contribution >= 0.6 is 11.8 Å². The van der Waals surface area contributed by atoms with E-state index in [1.807, 2.05) is 6.92 Å². The van der Waals surface area contributed by atoms with Gasteiger partial charge in [-0.2, -0.15) is 11.8 Å². The maximum absolute atomic E-state index is 12.1. The number of carbonyl (C=O) groups excluding carboxylic acids is 1. The van der Waals surface area contributed by atoms with Crippen molar-refractivity contribution in [2.24, 2.45) is 11.7 Å². The molecule has 2 atom stereocenters. The standard InChI is InChI=1S/C12H22N2O3S/c1-9(7-13)2-3-11(15)14-4-5-18-8-10(14)6-12(16)17/h9-10H,2-8,13H2,1H3,(H,16,17). The number of carboxylic acid groups (broad SMARTS) is 1. The Kier molecular flexibility index (Phi) is 6.49. The Hall–Kier alpha value is -0.750. The van der Waals surface area contributed by atoms with Crippen LogP contribution in [0, 0.1) is 5.92 Å². The summed E-state index contributed by atoms with van der Waals surface area (Å²) >= 11 is 1.72. The summed E-state index contributed by atoms with van der Waals surface area (Å²) in [6, 6.07) is -0.151. The fraction of sp³-hybridized carbons (Fsp3) is 0.833. The molecule has 0 spiro atoms. The van der Waals surface area contributed by atoms with E-state index in [0.29, 0.717) is 25.4 Å². The van der Waals surface area contributed by atoms with Gasteiger partial charge in [0.05, 0.1) is 12.5 Å². The summed E-state index contributed by atoms with van der Waals surface area (Å²) in [6.45, 7) is 3.27. The van der Waals surface area contributed by atoms with Crippen molar-refractivity contribution in [3.8, 4) is 0 Å². The lowest BCUT2D eigenvalue weighted by molar-refractivity contribution is -0.140. The first-order valence-corrected chi connectivity index (χ1v) is 7.49. The van der Waals surface area contributed by atoms with Crippen LogP contribution in [-0.4, -0.2) is 52.5 Å². The summed E-state index contributed by atoms with van der Waals surface area (Å²) in [5.41, 5.74) is 5.52. The molecule has 3 N–H and O–H groups in total. The highest BCUT2D eigenvalue weighted by Gasteiger charge is 2.28. The van der Waals surface area contributed by atoms with E-state index in [2.05, 4.69) is 0 Å². The van der Waals surface area contributed by atoms with E-state index in [0.717, 1.165) is 17.9 Å². The SMILES string of the molecule is CC(CN)CCC(=O)N1CCSCC1CC(=O)O.